The number of hydrogen-bond donors (Lipinski definition) is 0. The minimum atomic E-state index is 1.26. The van der Waals surface area contributed by atoms with Crippen LogP contribution in [0.4, 0.5) is 0 Å². The van der Waals surface area contributed by atoms with Crippen LogP contribution in [0.5, 0.6) is 0 Å². The van der Waals surface area contributed by atoms with Crippen LogP contribution >= 0.6 is 0 Å². The normalized spacial score (nSPS) is 12.0. The van der Waals surface area contributed by atoms with Crippen LogP contribution in [-0.4, -0.2) is 4.40 Å². The number of rotatable bonds is 1. The fourth-order valence-corrected chi connectivity index (χ4v) is 4.24. The Labute approximate surface area is 145 Å². The van der Waals surface area contributed by atoms with E-state index in [1.807, 2.05) is 0 Å². The van der Waals surface area contributed by atoms with Crippen molar-refractivity contribution in [2.75, 3.05) is 0 Å². The van der Waals surface area contributed by atoms with Gasteiger partial charge in [-0.1, -0.05) is 78.9 Å². The molecular formula is C24H15N. The van der Waals surface area contributed by atoms with Gasteiger partial charge in [-0.05, 0) is 23.3 Å². The lowest BCUT2D eigenvalue weighted by Gasteiger charge is -2.05. The molecule has 6 aromatic rings. The van der Waals surface area contributed by atoms with Crippen LogP contribution in [0.15, 0.2) is 91.0 Å². The van der Waals surface area contributed by atoms with Crippen molar-refractivity contribution in [3.8, 4) is 11.1 Å². The molecule has 0 bridgehead atoms. The Morgan fingerprint density at radius 1 is 0.440 bits per heavy atom. The topological polar surface area (TPSA) is 4.41 Å². The Balaban J connectivity index is 1.92. The highest BCUT2D eigenvalue weighted by Gasteiger charge is 2.17. The summed E-state index contributed by atoms with van der Waals surface area (Å²) in [5, 5.41) is 5.31. The van der Waals surface area contributed by atoms with Gasteiger partial charge < -0.3 is 4.40 Å². The van der Waals surface area contributed by atoms with Crippen molar-refractivity contribution in [1.29, 1.82) is 0 Å². The molecule has 0 saturated carbocycles. The second kappa shape index (κ2) is 4.61. The fraction of sp³-hybridized carbons (Fsp3) is 0. The Hall–Kier alpha value is -3.32. The average Bonchev–Trinajstić information content (AvgIpc) is 3.20. The number of benzene rings is 3. The minimum Gasteiger partial charge on any atom is -0.308 e. The lowest BCUT2D eigenvalue weighted by Crippen LogP contribution is -1.85. The molecule has 1 nitrogen and oxygen atoms in total. The molecule has 0 atom stereocenters. The molecule has 0 spiro atoms. The van der Waals surface area contributed by atoms with E-state index in [1.54, 1.807) is 0 Å². The van der Waals surface area contributed by atoms with E-state index in [0.717, 1.165) is 0 Å². The number of aromatic nitrogens is 1. The number of fused-ring (bicyclic) bond motifs is 6. The molecule has 0 fully saturated rings. The van der Waals surface area contributed by atoms with Gasteiger partial charge in [0.1, 0.15) is 0 Å². The smallest absolute Gasteiger partial charge is 0.0620 e. The summed E-state index contributed by atoms with van der Waals surface area (Å²) in [6, 6.07) is 32.8. The van der Waals surface area contributed by atoms with E-state index in [-0.39, 0.29) is 0 Å². The summed E-state index contributed by atoms with van der Waals surface area (Å²) in [7, 11) is 0. The van der Waals surface area contributed by atoms with Crippen molar-refractivity contribution in [1.82, 2.24) is 4.40 Å². The van der Waals surface area contributed by atoms with Crippen molar-refractivity contribution in [2.45, 2.75) is 0 Å². The monoisotopic (exact) mass is 317 g/mol. The number of hydrogen-bond acceptors (Lipinski definition) is 0. The highest BCUT2D eigenvalue weighted by atomic mass is 14.9. The maximum Gasteiger partial charge on any atom is 0.0620 e. The van der Waals surface area contributed by atoms with Crippen molar-refractivity contribution in [3.05, 3.63) is 91.0 Å². The zero-order valence-electron chi connectivity index (χ0n) is 13.6. The van der Waals surface area contributed by atoms with E-state index in [2.05, 4.69) is 95.4 Å². The van der Waals surface area contributed by atoms with E-state index in [9.17, 15) is 0 Å². The van der Waals surface area contributed by atoms with Gasteiger partial charge in [-0.25, -0.2) is 0 Å². The molecule has 0 unspecified atom stereocenters. The molecular weight excluding hydrogens is 302 g/mol. The van der Waals surface area contributed by atoms with Gasteiger partial charge >= 0.3 is 0 Å². The van der Waals surface area contributed by atoms with E-state index in [4.69, 9.17) is 0 Å². The first-order valence-electron chi connectivity index (χ1n) is 8.64. The summed E-state index contributed by atoms with van der Waals surface area (Å²) in [6.07, 6.45) is 0. The van der Waals surface area contributed by atoms with Crippen LogP contribution in [0.3, 0.4) is 0 Å². The van der Waals surface area contributed by atoms with Gasteiger partial charge in [0.2, 0.25) is 0 Å². The van der Waals surface area contributed by atoms with Gasteiger partial charge in [-0.2, -0.15) is 0 Å². The molecule has 0 N–H and O–H groups in total. The Kier molecular flexibility index (Phi) is 2.40. The fourth-order valence-electron chi connectivity index (χ4n) is 4.24. The first kappa shape index (κ1) is 13.0. The molecule has 1 heteroatoms. The highest BCUT2D eigenvalue weighted by Crippen LogP contribution is 2.40. The maximum absolute atomic E-state index is 2.43. The quantitative estimate of drug-likeness (QED) is 0.326. The molecule has 3 heterocycles. The van der Waals surface area contributed by atoms with E-state index in [1.165, 1.54) is 49.2 Å². The molecule has 0 saturated heterocycles. The van der Waals surface area contributed by atoms with Crippen LogP contribution in [0.25, 0.3) is 49.2 Å². The van der Waals surface area contributed by atoms with Gasteiger partial charge in [0.25, 0.3) is 0 Å². The zero-order chi connectivity index (χ0) is 16.4. The summed E-state index contributed by atoms with van der Waals surface area (Å²) < 4.78 is 2.43. The Morgan fingerprint density at radius 3 is 1.48 bits per heavy atom. The number of pyridine rings is 1. The van der Waals surface area contributed by atoms with Crippen LogP contribution in [0.2, 0.25) is 0 Å². The highest BCUT2D eigenvalue weighted by molar-refractivity contribution is 6.23. The van der Waals surface area contributed by atoms with Crippen LogP contribution in [-0.2, 0) is 0 Å². The molecule has 0 radical (unpaired) electrons. The van der Waals surface area contributed by atoms with Crippen molar-refractivity contribution < 1.29 is 0 Å². The lowest BCUT2D eigenvalue weighted by molar-refractivity contribution is 1.36. The van der Waals surface area contributed by atoms with Gasteiger partial charge in [-0.15, -0.1) is 0 Å². The van der Waals surface area contributed by atoms with Crippen LogP contribution < -0.4 is 0 Å². The molecule has 6 rings (SSSR count). The molecule has 3 aromatic carbocycles. The summed E-state index contributed by atoms with van der Waals surface area (Å²) in [5.41, 5.74) is 6.44. The van der Waals surface area contributed by atoms with E-state index >= 15 is 0 Å². The van der Waals surface area contributed by atoms with Gasteiger partial charge in [0, 0.05) is 21.5 Å². The Bertz CT molecular complexity index is 1290. The molecule has 3 aromatic heterocycles. The predicted octanol–water partition coefficient (Wildman–Crippen LogP) is 6.50. The van der Waals surface area contributed by atoms with Gasteiger partial charge in [-0.3, -0.25) is 0 Å². The molecule has 0 amide bonds. The SMILES string of the molecule is c1ccc(-c2cc3c4ccccc4c4c5ccccc5c(c2)n34)cc1. The zero-order valence-corrected chi connectivity index (χ0v) is 13.6. The molecule has 25 heavy (non-hydrogen) atoms. The average molecular weight is 317 g/mol. The summed E-state index contributed by atoms with van der Waals surface area (Å²) in [4.78, 5) is 0. The standard InChI is InChI=1S/C24H15N/c1-2-8-16(9-3-1)17-14-22-18-10-4-6-12-20(18)24-21-13-7-5-11-19(21)23(15-17)25(22)24/h1-15H. The molecule has 0 aliphatic rings. The van der Waals surface area contributed by atoms with Gasteiger partial charge in [0.15, 0.2) is 0 Å². The molecule has 0 aliphatic heterocycles. The predicted molar refractivity (Wildman–Crippen MR) is 107 cm³/mol. The Morgan fingerprint density at radius 2 is 0.920 bits per heavy atom. The first-order valence-corrected chi connectivity index (χ1v) is 8.64. The largest absolute Gasteiger partial charge is 0.308 e. The van der Waals surface area contributed by atoms with Crippen molar-refractivity contribution in [2.24, 2.45) is 0 Å². The maximum atomic E-state index is 2.43. The third-order valence-corrected chi connectivity index (χ3v) is 5.31. The molecule has 116 valence electrons. The third kappa shape index (κ3) is 1.62. The second-order valence-corrected chi connectivity index (χ2v) is 6.66. The summed E-state index contributed by atoms with van der Waals surface area (Å²) >= 11 is 0. The van der Waals surface area contributed by atoms with Crippen molar-refractivity contribution >= 4 is 38.1 Å². The van der Waals surface area contributed by atoms with E-state index in [0.29, 0.717) is 0 Å². The third-order valence-electron chi connectivity index (χ3n) is 5.31. The summed E-state index contributed by atoms with van der Waals surface area (Å²) in [5.74, 6) is 0. The van der Waals surface area contributed by atoms with Gasteiger partial charge in [0.05, 0.1) is 16.6 Å². The van der Waals surface area contributed by atoms with Crippen LogP contribution in [0.1, 0.15) is 0 Å². The minimum absolute atomic E-state index is 1.26. The van der Waals surface area contributed by atoms with Crippen LogP contribution in [0, 0.1) is 0 Å². The number of nitrogens with zero attached hydrogens (tertiary/aromatic N) is 1. The first-order chi connectivity index (χ1) is 12.4. The van der Waals surface area contributed by atoms with Crippen molar-refractivity contribution in [3.63, 3.8) is 0 Å². The second-order valence-electron chi connectivity index (χ2n) is 6.66. The lowest BCUT2D eigenvalue weighted by atomic mass is 10.0. The molecule has 0 aliphatic carbocycles. The van der Waals surface area contributed by atoms with E-state index < -0.39 is 0 Å². The summed E-state index contributed by atoms with van der Waals surface area (Å²) in [6.45, 7) is 0.